The van der Waals surface area contributed by atoms with Crippen LogP contribution in [0.4, 0.5) is 5.82 Å². The fourth-order valence-electron chi connectivity index (χ4n) is 1.48. The molecule has 0 spiro atoms. The Kier molecular flexibility index (Phi) is 7.27. The van der Waals surface area contributed by atoms with Gasteiger partial charge in [-0.3, -0.25) is 0 Å². The summed E-state index contributed by atoms with van der Waals surface area (Å²) >= 11 is 11.9. The zero-order valence-electron chi connectivity index (χ0n) is 10.5. The van der Waals surface area contributed by atoms with Crippen molar-refractivity contribution in [1.82, 2.24) is 9.97 Å². The Labute approximate surface area is 117 Å². The predicted octanol–water partition coefficient (Wildman–Crippen LogP) is 2.27. The molecule has 1 aromatic heterocycles. The molecule has 0 aliphatic carbocycles. The van der Waals surface area contributed by atoms with E-state index in [1.54, 1.807) is 14.2 Å². The zero-order valence-corrected chi connectivity index (χ0v) is 12.0. The molecule has 1 aromatic rings. The number of methoxy groups -OCH3 is 2. The highest BCUT2D eigenvalue weighted by Crippen LogP contribution is 2.23. The van der Waals surface area contributed by atoms with Crippen molar-refractivity contribution in [2.75, 3.05) is 45.4 Å². The van der Waals surface area contributed by atoms with Crippen LogP contribution in [0.1, 0.15) is 6.42 Å². The van der Waals surface area contributed by atoms with Crippen LogP contribution in [-0.2, 0) is 9.47 Å². The second-order valence-electron chi connectivity index (χ2n) is 3.64. The third-order valence-electron chi connectivity index (χ3n) is 2.34. The lowest BCUT2D eigenvalue weighted by molar-refractivity contribution is 0.191. The van der Waals surface area contributed by atoms with Crippen LogP contribution in [0.25, 0.3) is 0 Å². The number of aromatic nitrogens is 2. The lowest BCUT2D eigenvalue weighted by atomic mass is 10.3. The van der Waals surface area contributed by atoms with E-state index in [4.69, 9.17) is 32.7 Å². The summed E-state index contributed by atoms with van der Waals surface area (Å²) in [6.45, 7) is 2.72. The van der Waals surface area contributed by atoms with E-state index in [2.05, 4.69) is 9.97 Å². The molecule has 0 atom stereocenters. The molecule has 0 amide bonds. The molecule has 0 unspecified atom stereocenters. The van der Waals surface area contributed by atoms with E-state index >= 15 is 0 Å². The first-order chi connectivity index (χ1) is 8.69. The van der Waals surface area contributed by atoms with Crippen LogP contribution in [0, 0.1) is 0 Å². The third-order valence-corrected chi connectivity index (χ3v) is 2.79. The molecule has 1 heterocycles. The van der Waals surface area contributed by atoms with Crippen LogP contribution in [0.2, 0.25) is 10.3 Å². The number of ether oxygens (including phenoxy) is 2. The number of nitrogens with zero attached hydrogens (tertiary/aromatic N) is 3. The van der Waals surface area contributed by atoms with Gasteiger partial charge in [-0.05, 0) is 18.0 Å². The minimum Gasteiger partial charge on any atom is -0.385 e. The molecule has 0 fully saturated rings. The number of halogens is 2. The summed E-state index contributed by atoms with van der Waals surface area (Å²) in [6, 6.07) is 0. The van der Waals surface area contributed by atoms with Gasteiger partial charge in [-0.25, -0.2) is 4.98 Å². The fraction of sp³-hybridized carbons (Fsp3) is 0.636. The second kappa shape index (κ2) is 8.48. The van der Waals surface area contributed by atoms with E-state index < -0.39 is 0 Å². The molecule has 0 saturated carbocycles. The molecule has 0 bridgehead atoms. The smallest absolute Gasteiger partial charge is 0.224 e. The molecule has 18 heavy (non-hydrogen) atoms. The first-order valence-corrected chi connectivity index (χ1v) is 6.35. The number of hydrogen-bond donors (Lipinski definition) is 0. The molecule has 1 rings (SSSR count). The maximum Gasteiger partial charge on any atom is 0.224 e. The minimum atomic E-state index is 0.184. The summed E-state index contributed by atoms with van der Waals surface area (Å²) in [4.78, 5) is 10.0. The van der Waals surface area contributed by atoms with Crippen LogP contribution in [-0.4, -0.2) is 50.5 Å². The molecule has 0 aromatic carbocycles. The Morgan fingerprint density at radius 3 is 2.56 bits per heavy atom. The second-order valence-corrected chi connectivity index (χ2v) is 4.38. The highest BCUT2D eigenvalue weighted by Gasteiger charge is 2.13. The van der Waals surface area contributed by atoms with Crippen molar-refractivity contribution < 1.29 is 9.47 Å². The third kappa shape index (κ3) is 4.94. The molecule has 0 N–H and O–H groups in total. The van der Waals surface area contributed by atoms with Crippen LogP contribution in [0.15, 0.2) is 6.20 Å². The van der Waals surface area contributed by atoms with Gasteiger partial charge in [0.15, 0.2) is 5.82 Å². The summed E-state index contributed by atoms with van der Waals surface area (Å²) in [6.07, 6.45) is 2.38. The van der Waals surface area contributed by atoms with Crippen molar-refractivity contribution in [3.63, 3.8) is 0 Å². The van der Waals surface area contributed by atoms with Crippen LogP contribution in [0.5, 0.6) is 0 Å². The van der Waals surface area contributed by atoms with Gasteiger partial charge in [-0.2, -0.15) is 4.98 Å². The van der Waals surface area contributed by atoms with Gasteiger partial charge < -0.3 is 14.4 Å². The maximum absolute atomic E-state index is 6.09. The molecule has 0 aliphatic rings. The predicted molar refractivity (Wildman–Crippen MR) is 72.6 cm³/mol. The SMILES string of the molecule is COCCCN(CCOC)c1nc(Cl)ncc1Cl. The Morgan fingerprint density at radius 1 is 1.17 bits per heavy atom. The van der Waals surface area contributed by atoms with Crippen molar-refractivity contribution in [3.8, 4) is 0 Å². The molecule has 7 heteroatoms. The van der Waals surface area contributed by atoms with Gasteiger partial charge >= 0.3 is 0 Å². The monoisotopic (exact) mass is 293 g/mol. The van der Waals surface area contributed by atoms with Crippen LogP contribution < -0.4 is 4.90 Å². The topological polar surface area (TPSA) is 47.5 Å². The van der Waals surface area contributed by atoms with Crippen LogP contribution >= 0.6 is 23.2 Å². The van der Waals surface area contributed by atoms with Gasteiger partial charge in [0.1, 0.15) is 5.02 Å². The molecule has 0 saturated heterocycles. The average Bonchev–Trinajstić information content (AvgIpc) is 2.37. The van der Waals surface area contributed by atoms with Crippen molar-refractivity contribution in [2.45, 2.75) is 6.42 Å². The normalized spacial score (nSPS) is 10.7. The molecule has 0 aliphatic heterocycles. The molecular formula is C11H17Cl2N3O2. The minimum absolute atomic E-state index is 0.184. The van der Waals surface area contributed by atoms with Gasteiger partial charge in [0.05, 0.1) is 12.8 Å². The van der Waals surface area contributed by atoms with Crippen LogP contribution in [0.3, 0.4) is 0 Å². The van der Waals surface area contributed by atoms with Crippen molar-refractivity contribution >= 4 is 29.0 Å². The summed E-state index contributed by atoms with van der Waals surface area (Å²) in [7, 11) is 3.33. The van der Waals surface area contributed by atoms with E-state index in [9.17, 15) is 0 Å². The Balaban J connectivity index is 2.75. The molecule has 0 radical (unpaired) electrons. The number of rotatable bonds is 8. The zero-order chi connectivity index (χ0) is 13.4. The summed E-state index contributed by atoms with van der Waals surface area (Å²) in [5.41, 5.74) is 0. The van der Waals surface area contributed by atoms with Crippen molar-refractivity contribution in [2.24, 2.45) is 0 Å². The van der Waals surface area contributed by atoms with E-state index in [0.717, 1.165) is 13.0 Å². The fourth-order valence-corrected chi connectivity index (χ4v) is 1.82. The summed E-state index contributed by atoms with van der Waals surface area (Å²) in [5, 5.41) is 0.663. The van der Waals surface area contributed by atoms with E-state index in [0.29, 0.717) is 30.6 Å². The lowest BCUT2D eigenvalue weighted by Crippen LogP contribution is -2.30. The van der Waals surface area contributed by atoms with Gasteiger partial charge in [-0.1, -0.05) is 11.6 Å². The van der Waals surface area contributed by atoms with E-state index in [1.807, 2.05) is 4.90 Å². The average molecular weight is 294 g/mol. The van der Waals surface area contributed by atoms with Gasteiger partial charge in [0.2, 0.25) is 5.28 Å². The Bertz CT molecular complexity index is 366. The first-order valence-electron chi connectivity index (χ1n) is 5.60. The first kappa shape index (κ1) is 15.4. The quantitative estimate of drug-likeness (QED) is 0.544. The highest BCUT2D eigenvalue weighted by molar-refractivity contribution is 6.33. The number of anilines is 1. The highest BCUT2D eigenvalue weighted by atomic mass is 35.5. The van der Waals surface area contributed by atoms with E-state index in [1.165, 1.54) is 6.20 Å². The maximum atomic E-state index is 6.09. The van der Waals surface area contributed by atoms with Gasteiger partial charge in [0, 0.05) is 33.9 Å². The molecule has 102 valence electrons. The van der Waals surface area contributed by atoms with E-state index in [-0.39, 0.29) is 5.28 Å². The molecule has 5 nitrogen and oxygen atoms in total. The standard InChI is InChI=1S/C11H17Cl2N3O2/c1-17-6-3-4-16(5-7-18-2)10-9(12)8-14-11(13)15-10/h8H,3-7H2,1-2H3. The number of hydrogen-bond acceptors (Lipinski definition) is 5. The van der Waals surface area contributed by atoms with Gasteiger partial charge in [-0.15, -0.1) is 0 Å². The van der Waals surface area contributed by atoms with Crippen molar-refractivity contribution in [3.05, 3.63) is 16.5 Å². The lowest BCUT2D eigenvalue weighted by Gasteiger charge is -2.24. The Morgan fingerprint density at radius 2 is 1.89 bits per heavy atom. The van der Waals surface area contributed by atoms with Crippen molar-refractivity contribution in [1.29, 1.82) is 0 Å². The summed E-state index contributed by atoms with van der Waals surface area (Å²) < 4.78 is 10.1. The Hall–Kier alpha value is -0.620. The van der Waals surface area contributed by atoms with Gasteiger partial charge in [0.25, 0.3) is 0 Å². The molecular weight excluding hydrogens is 277 g/mol. The summed E-state index contributed by atoms with van der Waals surface area (Å²) in [5.74, 6) is 0.629. The largest absolute Gasteiger partial charge is 0.385 e.